The van der Waals surface area contributed by atoms with Gasteiger partial charge in [-0.1, -0.05) is 62.8 Å². The normalized spacial score (nSPS) is 17.5. The van der Waals surface area contributed by atoms with Gasteiger partial charge in [0, 0.05) is 28.9 Å². The minimum Gasteiger partial charge on any atom is -0.493 e. The third-order valence-electron chi connectivity index (χ3n) is 6.39. The number of fused-ring (bicyclic) bond motifs is 1. The molecule has 4 rings (SSSR count). The second-order valence-electron chi connectivity index (χ2n) is 8.69. The Labute approximate surface area is 188 Å². The number of benzene rings is 2. The van der Waals surface area contributed by atoms with Gasteiger partial charge in [-0.15, -0.1) is 0 Å². The number of rotatable bonds is 5. The van der Waals surface area contributed by atoms with Gasteiger partial charge in [0.25, 0.3) is 0 Å². The van der Waals surface area contributed by atoms with Crippen molar-refractivity contribution in [2.24, 2.45) is 0 Å². The SMILES string of the molecule is COc1cc(OC(=O)NC2CCCCC2)c2ccccc2c1OC(=O)NC1CCCCC1. The van der Waals surface area contributed by atoms with Crippen LogP contribution in [0.2, 0.25) is 0 Å². The van der Waals surface area contributed by atoms with Gasteiger partial charge in [-0.05, 0) is 25.7 Å². The van der Waals surface area contributed by atoms with Crippen molar-refractivity contribution in [3.8, 4) is 17.2 Å². The van der Waals surface area contributed by atoms with E-state index in [9.17, 15) is 9.59 Å². The largest absolute Gasteiger partial charge is 0.493 e. The average molecular weight is 441 g/mol. The molecule has 32 heavy (non-hydrogen) atoms. The van der Waals surface area contributed by atoms with E-state index in [1.165, 1.54) is 20.0 Å². The predicted molar refractivity (Wildman–Crippen MR) is 123 cm³/mol. The molecule has 0 spiro atoms. The number of amides is 2. The molecular weight excluding hydrogens is 408 g/mol. The Bertz CT molecular complexity index is 949. The lowest BCUT2D eigenvalue weighted by Gasteiger charge is -2.23. The van der Waals surface area contributed by atoms with E-state index in [1.54, 1.807) is 6.07 Å². The molecular formula is C25H32N2O5. The summed E-state index contributed by atoms with van der Waals surface area (Å²) in [6.07, 6.45) is 9.81. The summed E-state index contributed by atoms with van der Waals surface area (Å²) in [6, 6.07) is 9.25. The fraction of sp³-hybridized carbons (Fsp3) is 0.520. The summed E-state index contributed by atoms with van der Waals surface area (Å²) >= 11 is 0. The molecule has 2 aromatic rings. The summed E-state index contributed by atoms with van der Waals surface area (Å²) in [6.45, 7) is 0. The minimum absolute atomic E-state index is 0.139. The van der Waals surface area contributed by atoms with Gasteiger partial charge < -0.3 is 24.8 Å². The van der Waals surface area contributed by atoms with Crippen LogP contribution in [0.4, 0.5) is 9.59 Å². The molecule has 2 amide bonds. The number of hydrogen-bond donors (Lipinski definition) is 2. The summed E-state index contributed by atoms with van der Waals surface area (Å²) < 4.78 is 16.9. The van der Waals surface area contributed by atoms with Crippen LogP contribution in [0.25, 0.3) is 10.8 Å². The second kappa shape index (κ2) is 10.6. The molecule has 7 nitrogen and oxygen atoms in total. The van der Waals surface area contributed by atoms with Crippen molar-refractivity contribution in [2.75, 3.05) is 7.11 Å². The maximum atomic E-state index is 12.6. The molecule has 0 aliphatic heterocycles. The number of carbonyl (C=O) groups excluding carboxylic acids is 2. The second-order valence-corrected chi connectivity index (χ2v) is 8.69. The molecule has 0 unspecified atom stereocenters. The number of carbonyl (C=O) groups is 2. The van der Waals surface area contributed by atoms with Crippen LogP contribution in [0, 0.1) is 0 Å². The van der Waals surface area contributed by atoms with Crippen LogP contribution >= 0.6 is 0 Å². The lowest BCUT2D eigenvalue weighted by atomic mass is 9.96. The van der Waals surface area contributed by atoms with E-state index in [0.717, 1.165) is 51.4 Å². The Balaban J connectivity index is 1.53. The van der Waals surface area contributed by atoms with E-state index in [0.29, 0.717) is 28.0 Å². The predicted octanol–water partition coefficient (Wildman–Crippen LogP) is 5.69. The molecule has 172 valence electrons. The standard InChI is InChI=1S/C25H32N2O5/c1-30-22-16-21(31-24(28)26-17-10-4-2-5-11-17)19-14-8-9-15-20(19)23(22)32-25(29)27-18-12-6-3-7-13-18/h8-9,14-18H,2-7,10-13H2,1H3,(H,26,28)(H,27,29). The van der Waals surface area contributed by atoms with Gasteiger partial charge in [0.15, 0.2) is 11.5 Å². The van der Waals surface area contributed by atoms with Crippen molar-refractivity contribution in [3.05, 3.63) is 30.3 Å². The van der Waals surface area contributed by atoms with E-state index < -0.39 is 12.2 Å². The molecule has 2 N–H and O–H groups in total. The topological polar surface area (TPSA) is 85.9 Å². The van der Waals surface area contributed by atoms with E-state index in [-0.39, 0.29) is 12.1 Å². The van der Waals surface area contributed by atoms with Gasteiger partial charge in [0.05, 0.1) is 7.11 Å². The molecule has 2 saturated carbocycles. The van der Waals surface area contributed by atoms with Crippen molar-refractivity contribution in [1.82, 2.24) is 10.6 Å². The molecule has 0 aromatic heterocycles. The fourth-order valence-electron chi connectivity index (χ4n) is 4.71. The number of nitrogens with one attached hydrogen (secondary N) is 2. The first-order valence-electron chi connectivity index (χ1n) is 11.7. The van der Waals surface area contributed by atoms with E-state index in [2.05, 4.69) is 10.6 Å². The maximum Gasteiger partial charge on any atom is 0.412 e. The molecule has 0 radical (unpaired) electrons. The Hall–Kier alpha value is -2.96. The molecule has 2 aliphatic rings. The highest BCUT2D eigenvalue weighted by molar-refractivity contribution is 5.98. The fourth-order valence-corrected chi connectivity index (χ4v) is 4.71. The van der Waals surface area contributed by atoms with Gasteiger partial charge in [-0.25, -0.2) is 9.59 Å². The molecule has 0 heterocycles. The Kier molecular flexibility index (Phi) is 7.35. The highest BCUT2D eigenvalue weighted by Gasteiger charge is 2.23. The lowest BCUT2D eigenvalue weighted by Crippen LogP contribution is -2.38. The van der Waals surface area contributed by atoms with Gasteiger partial charge in [-0.2, -0.15) is 0 Å². The average Bonchev–Trinajstić information content (AvgIpc) is 2.81. The van der Waals surface area contributed by atoms with Gasteiger partial charge in [0.2, 0.25) is 0 Å². The van der Waals surface area contributed by atoms with Crippen LogP contribution in [0.1, 0.15) is 64.2 Å². The first-order valence-corrected chi connectivity index (χ1v) is 11.7. The Morgan fingerprint density at radius 2 is 1.28 bits per heavy atom. The zero-order valence-corrected chi connectivity index (χ0v) is 18.7. The quantitative estimate of drug-likeness (QED) is 0.624. The van der Waals surface area contributed by atoms with Gasteiger partial charge in [-0.3, -0.25) is 0 Å². The summed E-state index contributed by atoms with van der Waals surface area (Å²) in [5, 5.41) is 7.25. The number of ether oxygens (including phenoxy) is 3. The number of hydrogen-bond acceptors (Lipinski definition) is 5. The zero-order chi connectivity index (χ0) is 22.3. The number of methoxy groups -OCH3 is 1. The molecule has 0 bridgehead atoms. The van der Waals surface area contributed by atoms with Gasteiger partial charge in [0.1, 0.15) is 5.75 Å². The Morgan fingerprint density at radius 3 is 1.84 bits per heavy atom. The molecule has 7 heteroatoms. The van der Waals surface area contributed by atoms with Gasteiger partial charge >= 0.3 is 12.2 Å². The van der Waals surface area contributed by atoms with E-state index in [4.69, 9.17) is 14.2 Å². The first-order chi connectivity index (χ1) is 15.6. The van der Waals surface area contributed by atoms with Crippen LogP contribution < -0.4 is 24.8 Å². The zero-order valence-electron chi connectivity index (χ0n) is 18.7. The van der Waals surface area contributed by atoms with E-state index >= 15 is 0 Å². The van der Waals surface area contributed by atoms with Crippen LogP contribution in [0.5, 0.6) is 17.2 Å². The summed E-state index contributed by atoms with van der Waals surface area (Å²) in [5.74, 6) is 1.02. The highest BCUT2D eigenvalue weighted by atomic mass is 16.6. The first kappa shape index (κ1) is 22.2. The van der Waals surface area contributed by atoms with Crippen molar-refractivity contribution in [2.45, 2.75) is 76.3 Å². The molecule has 2 aromatic carbocycles. The highest BCUT2D eigenvalue weighted by Crippen LogP contribution is 2.41. The lowest BCUT2D eigenvalue weighted by molar-refractivity contribution is 0.189. The van der Waals surface area contributed by atoms with Crippen LogP contribution in [0.3, 0.4) is 0 Å². The van der Waals surface area contributed by atoms with Crippen LogP contribution in [0.15, 0.2) is 30.3 Å². The molecule has 2 fully saturated rings. The third-order valence-corrected chi connectivity index (χ3v) is 6.39. The summed E-state index contributed by atoms with van der Waals surface area (Å²) in [7, 11) is 1.50. The van der Waals surface area contributed by atoms with Crippen molar-refractivity contribution < 1.29 is 23.8 Å². The van der Waals surface area contributed by atoms with E-state index in [1.807, 2.05) is 24.3 Å². The molecule has 2 aliphatic carbocycles. The van der Waals surface area contributed by atoms with Crippen molar-refractivity contribution in [3.63, 3.8) is 0 Å². The van der Waals surface area contributed by atoms with Crippen molar-refractivity contribution in [1.29, 1.82) is 0 Å². The maximum absolute atomic E-state index is 12.6. The van der Waals surface area contributed by atoms with Crippen molar-refractivity contribution >= 4 is 23.0 Å². The van der Waals surface area contributed by atoms with Crippen LogP contribution in [-0.2, 0) is 0 Å². The third kappa shape index (κ3) is 5.44. The summed E-state index contributed by atoms with van der Waals surface area (Å²) in [4.78, 5) is 25.1. The molecule has 0 saturated heterocycles. The minimum atomic E-state index is -0.496. The Morgan fingerprint density at radius 1 is 0.750 bits per heavy atom. The van der Waals surface area contributed by atoms with Crippen LogP contribution in [-0.4, -0.2) is 31.4 Å². The summed E-state index contributed by atoms with van der Waals surface area (Å²) in [5.41, 5.74) is 0. The smallest absolute Gasteiger partial charge is 0.412 e. The molecule has 0 atom stereocenters. The monoisotopic (exact) mass is 440 g/mol.